The summed E-state index contributed by atoms with van der Waals surface area (Å²) in [7, 11) is 1.60. The quantitative estimate of drug-likeness (QED) is 0.342. The molecule has 70 valence electrons. The van der Waals surface area contributed by atoms with E-state index in [-0.39, 0.29) is 5.70 Å². The lowest BCUT2D eigenvalue weighted by molar-refractivity contribution is 0.439. The predicted molar refractivity (Wildman–Crippen MR) is 54.5 cm³/mol. The largest absolute Gasteiger partial charge is 0.386 e. The molecule has 0 aromatic heterocycles. The third-order valence-electron chi connectivity index (χ3n) is 1.03. The van der Waals surface area contributed by atoms with E-state index in [4.69, 9.17) is 40.5 Å². The van der Waals surface area contributed by atoms with Gasteiger partial charge in [-0.15, -0.1) is 0 Å². The zero-order valence-corrected chi connectivity index (χ0v) is 9.08. The molecule has 0 atom stereocenters. The van der Waals surface area contributed by atoms with Crippen LogP contribution in [0.25, 0.3) is 0 Å². The van der Waals surface area contributed by atoms with Crippen molar-refractivity contribution in [2.75, 3.05) is 7.05 Å². The fraction of sp³-hybridized carbons (Fsp3) is 0.500. The van der Waals surface area contributed by atoms with E-state index in [2.05, 4.69) is 11.7 Å². The molecule has 0 radical (unpaired) electrons. The summed E-state index contributed by atoms with van der Waals surface area (Å²) in [6.45, 7) is 5.17. The highest BCUT2D eigenvalue weighted by Crippen LogP contribution is 2.34. The lowest BCUT2D eigenvalue weighted by atomic mass is 10.5. The molecule has 0 saturated carbocycles. The van der Waals surface area contributed by atoms with E-state index in [0.29, 0.717) is 5.84 Å². The molecule has 0 heterocycles. The monoisotopic (exact) mass is 229 g/mol. The minimum Gasteiger partial charge on any atom is -0.386 e. The molecule has 0 unspecified atom stereocenters. The first-order chi connectivity index (χ1) is 5.25. The number of nitrogens with two attached hydrogens (primary N) is 1. The highest BCUT2D eigenvalue weighted by Gasteiger charge is 2.27. The number of alkyl halides is 3. The average molecular weight is 231 g/mol. The van der Waals surface area contributed by atoms with E-state index in [9.17, 15) is 0 Å². The zero-order chi connectivity index (χ0) is 9.94. The van der Waals surface area contributed by atoms with Gasteiger partial charge in [0, 0.05) is 7.05 Å². The smallest absolute Gasteiger partial charge is 0.231 e. The first-order valence-electron chi connectivity index (χ1n) is 3.05. The van der Waals surface area contributed by atoms with Crippen molar-refractivity contribution in [3.05, 3.63) is 12.3 Å². The molecule has 0 rings (SSSR count). The Morgan fingerprint density at radius 1 is 1.50 bits per heavy atom. The summed E-state index contributed by atoms with van der Waals surface area (Å²) in [6.07, 6.45) is 0. The number of amidine groups is 1. The number of hydrazone groups is 1. The summed E-state index contributed by atoms with van der Waals surface area (Å²) in [5, 5.41) is 5.14. The molecular formula is C6H10Cl3N3. The van der Waals surface area contributed by atoms with Gasteiger partial charge in [0.25, 0.3) is 0 Å². The Morgan fingerprint density at radius 3 is 2.17 bits per heavy atom. The fourth-order valence-electron chi connectivity index (χ4n) is 0.480. The number of hydrogen-bond donors (Lipinski definition) is 1. The van der Waals surface area contributed by atoms with Gasteiger partial charge in [0.1, 0.15) is 5.84 Å². The second-order valence-electron chi connectivity index (χ2n) is 2.21. The second kappa shape index (κ2) is 4.21. The summed E-state index contributed by atoms with van der Waals surface area (Å²) in [6, 6.07) is 0. The highest BCUT2D eigenvalue weighted by molar-refractivity contribution is 6.69. The summed E-state index contributed by atoms with van der Waals surface area (Å²) in [4.78, 5) is 0. The van der Waals surface area contributed by atoms with Crippen LogP contribution in [0.15, 0.2) is 17.4 Å². The number of nitrogens with zero attached hydrogens (tertiary/aromatic N) is 2. The topological polar surface area (TPSA) is 41.6 Å². The van der Waals surface area contributed by atoms with Crippen LogP contribution in [0.2, 0.25) is 0 Å². The molecule has 0 aromatic carbocycles. The van der Waals surface area contributed by atoms with Crippen LogP contribution in [0.1, 0.15) is 6.92 Å². The summed E-state index contributed by atoms with van der Waals surface area (Å²) < 4.78 is -1.55. The molecular weight excluding hydrogens is 220 g/mol. The van der Waals surface area contributed by atoms with Gasteiger partial charge >= 0.3 is 0 Å². The van der Waals surface area contributed by atoms with E-state index in [1.54, 1.807) is 14.0 Å². The maximum absolute atomic E-state index is 5.54. The third-order valence-corrected chi connectivity index (χ3v) is 1.68. The maximum atomic E-state index is 5.54. The van der Waals surface area contributed by atoms with Gasteiger partial charge in [-0.05, 0) is 6.92 Å². The van der Waals surface area contributed by atoms with Crippen LogP contribution < -0.4 is 5.73 Å². The lowest BCUT2D eigenvalue weighted by Crippen LogP contribution is -2.23. The lowest BCUT2D eigenvalue weighted by Gasteiger charge is -2.21. The SMILES string of the molecule is C=C(N(C)/N=C(/C)N)C(Cl)(Cl)Cl. The molecule has 0 aromatic rings. The van der Waals surface area contributed by atoms with E-state index in [1.165, 1.54) is 5.01 Å². The van der Waals surface area contributed by atoms with Crippen LogP contribution in [0.5, 0.6) is 0 Å². The first kappa shape index (κ1) is 11.9. The van der Waals surface area contributed by atoms with E-state index < -0.39 is 3.79 Å². The third kappa shape index (κ3) is 4.04. The van der Waals surface area contributed by atoms with Crippen LogP contribution in [-0.4, -0.2) is 21.7 Å². The Balaban J connectivity index is 4.42. The Hall–Kier alpha value is -0.120. The molecule has 2 N–H and O–H groups in total. The van der Waals surface area contributed by atoms with Crippen molar-refractivity contribution in [1.29, 1.82) is 0 Å². The minimum atomic E-state index is -1.55. The standard InChI is InChI=1S/C6H10Cl3N3/c1-4(6(7,8)9)12(3)11-5(2)10/h1H2,2-3H3,(H2,10,11). The summed E-state index contributed by atoms with van der Waals surface area (Å²) in [5.41, 5.74) is 5.56. The zero-order valence-electron chi connectivity index (χ0n) is 6.81. The summed E-state index contributed by atoms with van der Waals surface area (Å²) in [5.74, 6) is 0.368. The van der Waals surface area contributed by atoms with Crippen LogP contribution in [0.3, 0.4) is 0 Å². The van der Waals surface area contributed by atoms with Gasteiger partial charge in [0.05, 0.1) is 5.70 Å². The van der Waals surface area contributed by atoms with Crippen molar-refractivity contribution in [1.82, 2.24) is 5.01 Å². The Kier molecular flexibility index (Phi) is 4.17. The van der Waals surface area contributed by atoms with Crippen LogP contribution in [0, 0.1) is 0 Å². The van der Waals surface area contributed by atoms with Gasteiger partial charge in [-0.2, -0.15) is 5.10 Å². The highest BCUT2D eigenvalue weighted by atomic mass is 35.6. The first-order valence-corrected chi connectivity index (χ1v) is 4.19. The number of allylic oxidation sites excluding steroid dienone is 1. The predicted octanol–water partition coefficient (Wildman–Crippen LogP) is 2.09. The van der Waals surface area contributed by atoms with E-state index >= 15 is 0 Å². The van der Waals surface area contributed by atoms with Gasteiger partial charge in [-0.1, -0.05) is 41.4 Å². The van der Waals surface area contributed by atoms with Gasteiger partial charge in [-0.25, -0.2) is 0 Å². The Labute approximate surface area is 86.7 Å². The van der Waals surface area contributed by atoms with E-state index in [1.807, 2.05) is 0 Å². The minimum absolute atomic E-state index is 0.248. The maximum Gasteiger partial charge on any atom is 0.231 e. The molecule has 0 saturated heterocycles. The number of hydrogen-bond acceptors (Lipinski definition) is 2. The van der Waals surface area contributed by atoms with Crippen molar-refractivity contribution in [3.8, 4) is 0 Å². The molecule has 0 spiro atoms. The molecule has 0 aliphatic carbocycles. The van der Waals surface area contributed by atoms with Crippen molar-refractivity contribution in [2.24, 2.45) is 10.8 Å². The molecule has 0 fully saturated rings. The molecule has 12 heavy (non-hydrogen) atoms. The van der Waals surface area contributed by atoms with Gasteiger partial charge in [-0.3, -0.25) is 5.01 Å². The van der Waals surface area contributed by atoms with Crippen molar-refractivity contribution < 1.29 is 0 Å². The Morgan fingerprint density at radius 2 is 1.92 bits per heavy atom. The molecule has 0 aliphatic heterocycles. The van der Waals surface area contributed by atoms with E-state index in [0.717, 1.165) is 0 Å². The van der Waals surface area contributed by atoms with Crippen molar-refractivity contribution in [3.63, 3.8) is 0 Å². The Bertz CT molecular complexity index is 203. The molecule has 6 heteroatoms. The summed E-state index contributed by atoms with van der Waals surface area (Å²) >= 11 is 16.6. The second-order valence-corrected chi connectivity index (χ2v) is 4.49. The molecule has 0 bridgehead atoms. The van der Waals surface area contributed by atoms with Crippen molar-refractivity contribution >= 4 is 40.6 Å². The normalized spacial score (nSPS) is 12.9. The van der Waals surface area contributed by atoms with Crippen LogP contribution in [-0.2, 0) is 0 Å². The molecule has 3 nitrogen and oxygen atoms in total. The molecule has 0 amide bonds. The molecule has 0 aliphatic rings. The average Bonchev–Trinajstić information content (AvgIpc) is 1.82. The van der Waals surface area contributed by atoms with Gasteiger partial charge in [0.2, 0.25) is 3.79 Å². The van der Waals surface area contributed by atoms with Gasteiger partial charge in [0.15, 0.2) is 0 Å². The van der Waals surface area contributed by atoms with Crippen LogP contribution in [0.4, 0.5) is 0 Å². The van der Waals surface area contributed by atoms with Gasteiger partial charge < -0.3 is 5.73 Å². The fourth-order valence-corrected chi connectivity index (χ4v) is 0.847. The number of rotatable bonds is 2. The van der Waals surface area contributed by atoms with Crippen LogP contribution >= 0.6 is 34.8 Å². The van der Waals surface area contributed by atoms with Crippen molar-refractivity contribution in [2.45, 2.75) is 10.7 Å². The number of halogens is 3.